The van der Waals surface area contributed by atoms with Gasteiger partial charge >= 0.3 is 0 Å². The Bertz CT molecular complexity index is 512. The minimum atomic E-state index is -0.738. The topological polar surface area (TPSA) is 89.9 Å². The molecule has 0 spiro atoms. The molecule has 112 valence electrons. The molecular formula is C12H18N2O6. The summed E-state index contributed by atoms with van der Waals surface area (Å²) in [5, 5.41) is 15.6. The minimum absolute atomic E-state index is 0.264. The molecule has 0 saturated carbocycles. The first-order valence-electron chi connectivity index (χ1n) is 6.50. The molecule has 3 heterocycles. The quantitative estimate of drug-likeness (QED) is 0.748. The molecule has 8 heteroatoms. The van der Waals surface area contributed by atoms with E-state index in [1.54, 1.807) is 27.7 Å². The molecule has 20 heavy (non-hydrogen) atoms. The van der Waals surface area contributed by atoms with Gasteiger partial charge in [-0.15, -0.1) is 0 Å². The fourth-order valence-corrected chi connectivity index (χ4v) is 2.42. The number of hydrogen-bond donors (Lipinski definition) is 0. The van der Waals surface area contributed by atoms with Crippen LogP contribution in [-0.2, 0) is 18.9 Å². The second-order valence-electron chi connectivity index (χ2n) is 5.84. The second kappa shape index (κ2) is 4.39. The minimum Gasteiger partial charge on any atom is -0.359 e. The SMILES string of the molecule is CC1(C)OCC(c2no[n+]([O-])c2C2COC(C)(C)O2)O1. The van der Waals surface area contributed by atoms with E-state index in [0.717, 1.165) is 0 Å². The van der Waals surface area contributed by atoms with E-state index in [9.17, 15) is 5.21 Å². The van der Waals surface area contributed by atoms with Crippen LogP contribution in [0, 0.1) is 5.21 Å². The third kappa shape index (κ3) is 2.39. The Morgan fingerprint density at radius 1 is 1.05 bits per heavy atom. The molecule has 2 fully saturated rings. The summed E-state index contributed by atoms with van der Waals surface area (Å²) < 4.78 is 27.1. The van der Waals surface area contributed by atoms with Gasteiger partial charge in [0.15, 0.2) is 23.8 Å². The van der Waals surface area contributed by atoms with Crippen LogP contribution < -0.4 is 4.90 Å². The molecule has 2 aliphatic rings. The lowest BCUT2D eigenvalue weighted by molar-refractivity contribution is -0.810. The van der Waals surface area contributed by atoms with E-state index in [0.29, 0.717) is 17.2 Å². The van der Waals surface area contributed by atoms with Crippen molar-refractivity contribution in [2.24, 2.45) is 0 Å². The molecule has 0 amide bonds. The Balaban J connectivity index is 1.87. The van der Waals surface area contributed by atoms with Gasteiger partial charge in [-0.25, -0.2) is 0 Å². The van der Waals surface area contributed by atoms with Crippen LogP contribution in [0.1, 0.15) is 51.3 Å². The highest BCUT2D eigenvalue weighted by atomic mass is 16.8. The lowest BCUT2D eigenvalue weighted by Gasteiger charge is -2.17. The maximum absolute atomic E-state index is 11.8. The summed E-state index contributed by atoms with van der Waals surface area (Å²) >= 11 is 0. The van der Waals surface area contributed by atoms with Gasteiger partial charge in [0.05, 0.1) is 13.2 Å². The van der Waals surface area contributed by atoms with Crippen LogP contribution in [0.5, 0.6) is 0 Å². The fraction of sp³-hybridized carbons (Fsp3) is 0.833. The van der Waals surface area contributed by atoms with E-state index in [-0.39, 0.29) is 12.3 Å². The van der Waals surface area contributed by atoms with Crippen molar-refractivity contribution < 1.29 is 28.5 Å². The van der Waals surface area contributed by atoms with Crippen molar-refractivity contribution in [2.75, 3.05) is 13.2 Å². The van der Waals surface area contributed by atoms with Crippen molar-refractivity contribution in [1.82, 2.24) is 5.16 Å². The molecule has 1 aromatic rings. The van der Waals surface area contributed by atoms with Crippen LogP contribution >= 0.6 is 0 Å². The first-order chi connectivity index (χ1) is 9.27. The van der Waals surface area contributed by atoms with Crippen LogP contribution in [0.2, 0.25) is 0 Å². The Kier molecular flexibility index (Phi) is 3.02. The highest BCUT2D eigenvalue weighted by Crippen LogP contribution is 2.38. The summed E-state index contributed by atoms with van der Waals surface area (Å²) in [4.78, 5) is 0.347. The maximum Gasteiger partial charge on any atom is 0.255 e. The number of ether oxygens (including phenoxy) is 4. The summed E-state index contributed by atoms with van der Waals surface area (Å²) in [7, 11) is 0. The lowest BCUT2D eigenvalue weighted by Crippen LogP contribution is -2.32. The molecule has 0 aromatic carbocycles. The number of hydrogen-bond acceptors (Lipinski definition) is 7. The molecule has 8 nitrogen and oxygen atoms in total. The summed E-state index contributed by atoms with van der Waals surface area (Å²) in [6, 6.07) is 0. The highest BCUT2D eigenvalue weighted by Gasteiger charge is 2.45. The molecule has 2 unspecified atom stereocenters. The smallest absolute Gasteiger partial charge is 0.255 e. The molecule has 2 atom stereocenters. The van der Waals surface area contributed by atoms with Gasteiger partial charge in [0, 0.05) is 5.16 Å². The van der Waals surface area contributed by atoms with E-state index in [4.69, 9.17) is 23.6 Å². The van der Waals surface area contributed by atoms with Crippen molar-refractivity contribution in [1.29, 1.82) is 0 Å². The zero-order valence-electron chi connectivity index (χ0n) is 11.9. The molecule has 0 radical (unpaired) electrons. The predicted octanol–water partition coefficient (Wildman–Crippen LogP) is 0.956. The summed E-state index contributed by atoms with van der Waals surface area (Å²) in [5.41, 5.74) is 0.679. The average Bonchev–Trinajstić information content (AvgIpc) is 2.96. The van der Waals surface area contributed by atoms with Crippen LogP contribution in [0.25, 0.3) is 0 Å². The van der Waals surface area contributed by atoms with Gasteiger partial charge in [-0.05, 0) is 32.6 Å². The Morgan fingerprint density at radius 3 is 2.10 bits per heavy atom. The van der Waals surface area contributed by atoms with Gasteiger partial charge in [0.1, 0.15) is 0 Å². The van der Waals surface area contributed by atoms with E-state index in [2.05, 4.69) is 5.16 Å². The van der Waals surface area contributed by atoms with Crippen LogP contribution in [-0.4, -0.2) is 29.9 Å². The lowest BCUT2D eigenvalue weighted by atomic mass is 10.1. The summed E-state index contributed by atoms with van der Waals surface area (Å²) in [5.74, 6) is -1.45. The average molecular weight is 286 g/mol. The van der Waals surface area contributed by atoms with Gasteiger partial charge in [-0.3, -0.25) is 4.63 Å². The second-order valence-corrected chi connectivity index (χ2v) is 5.84. The number of aromatic nitrogens is 2. The van der Waals surface area contributed by atoms with Gasteiger partial charge in [-0.2, -0.15) is 0 Å². The highest BCUT2D eigenvalue weighted by molar-refractivity contribution is 5.13. The van der Waals surface area contributed by atoms with E-state index < -0.39 is 23.8 Å². The van der Waals surface area contributed by atoms with Gasteiger partial charge < -0.3 is 24.2 Å². The first-order valence-corrected chi connectivity index (χ1v) is 6.50. The van der Waals surface area contributed by atoms with Gasteiger partial charge in [0.25, 0.3) is 5.69 Å². The molecule has 3 rings (SSSR count). The summed E-state index contributed by atoms with van der Waals surface area (Å²) in [6.07, 6.45) is -0.984. The molecule has 2 aliphatic heterocycles. The Hall–Kier alpha value is -1.22. The van der Waals surface area contributed by atoms with Crippen molar-refractivity contribution in [3.63, 3.8) is 0 Å². The van der Waals surface area contributed by atoms with Crippen molar-refractivity contribution >= 4 is 0 Å². The zero-order chi connectivity index (χ0) is 14.5. The number of rotatable bonds is 2. The molecule has 0 bridgehead atoms. The van der Waals surface area contributed by atoms with Crippen molar-refractivity contribution in [2.45, 2.75) is 51.5 Å². The van der Waals surface area contributed by atoms with Crippen molar-refractivity contribution in [3.8, 4) is 0 Å². The standard InChI is InChI=1S/C12H18N2O6/c1-11(2)16-5-7(18-11)9-10(14(15)20-13-9)8-6-17-12(3,4)19-8/h7-8H,5-6H2,1-4H3. The van der Waals surface area contributed by atoms with E-state index in [1.807, 2.05) is 0 Å². The van der Waals surface area contributed by atoms with Gasteiger partial charge in [-0.1, -0.05) is 0 Å². The van der Waals surface area contributed by atoms with Gasteiger partial charge in [0.2, 0.25) is 5.69 Å². The van der Waals surface area contributed by atoms with Crippen LogP contribution in [0.3, 0.4) is 0 Å². The third-order valence-corrected chi connectivity index (χ3v) is 3.30. The van der Waals surface area contributed by atoms with Crippen molar-refractivity contribution in [3.05, 3.63) is 16.6 Å². The first kappa shape index (κ1) is 13.7. The number of nitrogens with zero attached hydrogens (tertiary/aromatic N) is 2. The van der Waals surface area contributed by atoms with Crippen LogP contribution in [0.4, 0.5) is 0 Å². The Morgan fingerprint density at radius 2 is 1.60 bits per heavy atom. The molecule has 2 saturated heterocycles. The largest absolute Gasteiger partial charge is 0.359 e. The molecule has 1 aromatic heterocycles. The molecule has 0 N–H and O–H groups in total. The molecule has 0 aliphatic carbocycles. The van der Waals surface area contributed by atoms with E-state index >= 15 is 0 Å². The summed E-state index contributed by atoms with van der Waals surface area (Å²) in [6.45, 7) is 7.75. The predicted molar refractivity (Wildman–Crippen MR) is 63.2 cm³/mol. The Labute approximate surface area is 116 Å². The molecular weight excluding hydrogens is 268 g/mol. The third-order valence-electron chi connectivity index (χ3n) is 3.30. The van der Waals surface area contributed by atoms with E-state index in [1.165, 1.54) is 0 Å². The zero-order valence-corrected chi connectivity index (χ0v) is 11.9. The van der Waals surface area contributed by atoms with Crippen LogP contribution in [0.15, 0.2) is 4.63 Å². The fourth-order valence-electron chi connectivity index (χ4n) is 2.42. The normalized spacial score (nSPS) is 31.8. The monoisotopic (exact) mass is 286 g/mol. The maximum atomic E-state index is 11.8.